The van der Waals surface area contributed by atoms with Crippen molar-refractivity contribution in [3.8, 4) is 0 Å². The molecule has 1 aliphatic rings. The van der Waals surface area contributed by atoms with Crippen LogP contribution in [0.15, 0.2) is 71.6 Å². The highest BCUT2D eigenvalue weighted by Crippen LogP contribution is 2.23. The van der Waals surface area contributed by atoms with E-state index < -0.39 is 26.1 Å². The molecule has 1 heterocycles. The van der Waals surface area contributed by atoms with E-state index in [0.717, 1.165) is 16.7 Å². The van der Waals surface area contributed by atoms with Crippen LogP contribution in [0.25, 0.3) is 0 Å². The standard InChI is InChI=1S/C24H25N3O5S2/c1-17-6-5-9-22(14-17)25-33(29,30)23-15-20(11-10-18(23)2)24(28)26-34(31,32)27-13-12-19-7-3-4-8-21(19)16-27/h3-11,14-15,25H,12-13,16H2,1-2H3,(H,26,28). The van der Waals surface area contributed by atoms with Crippen LogP contribution < -0.4 is 9.44 Å². The van der Waals surface area contributed by atoms with E-state index in [1.807, 2.05) is 37.3 Å². The molecule has 0 spiro atoms. The van der Waals surface area contributed by atoms with E-state index in [4.69, 9.17) is 0 Å². The molecule has 0 bridgehead atoms. The Morgan fingerprint density at radius 3 is 2.35 bits per heavy atom. The largest absolute Gasteiger partial charge is 0.304 e. The van der Waals surface area contributed by atoms with Crippen LogP contribution in [-0.4, -0.2) is 33.6 Å². The van der Waals surface area contributed by atoms with Crippen molar-refractivity contribution in [2.45, 2.75) is 31.7 Å². The Labute approximate surface area is 199 Å². The van der Waals surface area contributed by atoms with Crippen LogP contribution in [0.3, 0.4) is 0 Å². The van der Waals surface area contributed by atoms with E-state index in [1.165, 1.54) is 22.5 Å². The minimum atomic E-state index is -4.12. The van der Waals surface area contributed by atoms with Gasteiger partial charge in [-0.1, -0.05) is 42.5 Å². The number of hydrogen-bond acceptors (Lipinski definition) is 5. The second kappa shape index (κ2) is 9.21. The van der Waals surface area contributed by atoms with Crippen LogP contribution in [-0.2, 0) is 33.2 Å². The van der Waals surface area contributed by atoms with Crippen molar-refractivity contribution < 1.29 is 21.6 Å². The quantitative estimate of drug-likeness (QED) is 0.541. The number of nitrogens with zero attached hydrogens (tertiary/aromatic N) is 1. The maximum absolute atomic E-state index is 13.0. The fourth-order valence-corrected chi connectivity index (χ4v) is 6.31. The highest BCUT2D eigenvalue weighted by molar-refractivity contribution is 7.92. The van der Waals surface area contributed by atoms with Gasteiger partial charge in [0, 0.05) is 24.3 Å². The summed E-state index contributed by atoms with van der Waals surface area (Å²) in [4.78, 5) is 12.7. The van der Waals surface area contributed by atoms with Crippen molar-refractivity contribution in [3.05, 3.63) is 94.5 Å². The van der Waals surface area contributed by atoms with Gasteiger partial charge in [0.2, 0.25) is 0 Å². The molecule has 3 aromatic carbocycles. The van der Waals surface area contributed by atoms with Crippen molar-refractivity contribution in [1.29, 1.82) is 0 Å². The summed E-state index contributed by atoms with van der Waals surface area (Å²) in [6.45, 7) is 3.85. The summed E-state index contributed by atoms with van der Waals surface area (Å²) in [6, 6.07) is 18.5. The number of amides is 1. The van der Waals surface area contributed by atoms with Gasteiger partial charge in [0.1, 0.15) is 0 Å². The van der Waals surface area contributed by atoms with Gasteiger partial charge in [-0.25, -0.2) is 13.1 Å². The van der Waals surface area contributed by atoms with Gasteiger partial charge in [0.05, 0.1) is 4.90 Å². The number of anilines is 1. The van der Waals surface area contributed by atoms with Gasteiger partial charge in [-0.05, 0) is 66.8 Å². The van der Waals surface area contributed by atoms with Gasteiger partial charge in [-0.2, -0.15) is 12.7 Å². The summed E-state index contributed by atoms with van der Waals surface area (Å²) < 4.78 is 57.5. The molecule has 34 heavy (non-hydrogen) atoms. The summed E-state index contributed by atoms with van der Waals surface area (Å²) in [6.07, 6.45) is 0.544. The highest BCUT2D eigenvalue weighted by Gasteiger charge is 2.29. The lowest BCUT2D eigenvalue weighted by Crippen LogP contribution is -2.45. The molecule has 3 aromatic rings. The van der Waals surface area contributed by atoms with Crippen molar-refractivity contribution in [1.82, 2.24) is 9.03 Å². The number of hydrogen-bond donors (Lipinski definition) is 2. The smallest absolute Gasteiger partial charge is 0.280 e. The van der Waals surface area contributed by atoms with E-state index in [0.29, 0.717) is 17.7 Å². The average molecular weight is 500 g/mol. The Balaban J connectivity index is 1.55. The second-order valence-electron chi connectivity index (χ2n) is 8.24. The summed E-state index contributed by atoms with van der Waals surface area (Å²) in [5, 5.41) is 0. The molecule has 1 amide bonds. The lowest BCUT2D eigenvalue weighted by Gasteiger charge is -2.27. The van der Waals surface area contributed by atoms with Crippen molar-refractivity contribution >= 4 is 31.8 Å². The number of nitrogens with one attached hydrogen (secondary N) is 2. The Hall–Kier alpha value is -3.21. The Bertz CT molecular complexity index is 1470. The van der Waals surface area contributed by atoms with Crippen LogP contribution in [0, 0.1) is 13.8 Å². The first-order chi connectivity index (χ1) is 16.0. The van der Waals surface area contributed by atoms with Crippen LogP contribution in [0.4, 0.5) is 5.69 Å². The predicted octanol–water partition coefficient (Wildman–Crippen LogP) is 3.14. The minimum absolute atomic E-state index is 0.0730. The van der Waals surface area contributed by atoms with Crippen LogP contribution in [0.1, 0.15) is 32.6 Å². The highest BCUT2D eigenvalue weighted by atomic mass is 32.2. The molecule has 4 rings (SSSR count). The van der Waals surface area contributed by atoms with Gasteiger partial charge >= 0.3 is 10.2 Å². The van der Waals surface area contributed by atoms with Crippen molar-refractivity contribution in [2.75, 3.05) is 11.3 Å². The van der Waals surface area contributed by atoms with Crippen LogP contribution in [0.2, 0.25) is 0 Å². The van der Waals surface area contributed by atoms with Gasteiger partial charge in [-0.15, -0.1) is 0 Å². The molecule has 0 unspecified atom stereocenters. The zero-order valence-corrected chi connectivity index (χ0v) is 20.4. The lowest BCUT2D eigenvalue weighted by molar-refractivity contribution is 0.0978. The Morgan fingerprint density at radius 1 is 0.882 bits per heavy atom. The van der Waals surface area contributed by atoms with E-state index in [9.17, 15) is 21.6 Å². The third-order valence-corrected chi connectivity index (χ3v) is 8.63. The molecule has 0 saturated carbocycles. The molecule has 0 radical (unpaired) electrons. The monoisotopic (exact) mass is 499 g/mol. The third-order valence-electron chi connectivity index (χ3n) is 5.67. The van der Waals surface area contributed by atoms with Gasteiger partial charge in [0.25, 0.3) is 15.9 Å². The first-order valence-electron chi connectivity index (χ1n) is 10.6. The third kappa shape index (κ3) is 5.14. The fourth-order valence-electron chi connectivity index (χ4n) is 3.87. The maximum atomic E-state index is 13.0. The molecule has 0 fully saturated rings. The van der Waals surface area contributed by atoms with Crippen molar-refractivity contribution in [3.63, 3.8) is 0 Å². The first-order valence-corrected chi connectivity index (χ1v) is 13.6. The molecule has 2 N–H and O–H groups in total. The number of carbonyl (C=O) groups excluding carboxylic acids is 1. The van der Waals surface area contributed by atoms with Crippen molar-refractivity contribution in [2.24, 2.45) is 0 Å². The Morgan fingerprint density at radius 2 is 1.62 bits per heavy atom. The number of sulfonamides is 1. The molecular weight excluding hydrogens is 474 g/mol. The lowest BCUT2D eigenvalue weighted by atomic mass is 10.0. The van der Waals surface area contributed by atoms with Crippen LogP contribution >= 0.6 is 0 Å². The van der Waals surface area contributed by atoms with E-state index >= 15 is 0 Å². The molecule has 0 aliphatic carbocycles. The van der Waals surface area contributed by atoms with Gasteiger partial charge in [0.15, 0.2) is 0 Å². The summed E-state index contributed by atoms with van der Waals surface area (Å²) in [5.41, 5.74) is 3.59. The molecular formula is C24H25N3O5S2. The van der Waals surface area contributed by atoms with E-state index in [2.05, 4.69) is 9.44 Å². The molecule has 8 nitrogen and oxygen atoms in total. The molecule has 178 valence electrons. The Kier molecular flexibility index (Phi) is 6.48. The number of benzene rings is 3. The topological polar surface area (TPSA) is 113 Å². The normalized spacial score (nSPS) is 14.3. The van der Waals surface area contributed by atoms with Gasteiger partial charge in [-0.3, -0.25) is 9.52 Å². The molecule has 10 heteroatoms. The summed E-state index contributed by atoms with van der Waals surface area (Å²) in [7, 11) is -8.12. The maximum Gasteiger partial charge on any atom is 0.304 e. The number of fused-ring (bicyclic) bond motifs is 1. The molecule has 0 atom stereocenters. The number of carbonyl (C=O) groups is 1. The SMILES string of the molecule is Cc1cccc(NS(=O)(=O)c2cc(C(=O)NS(=O)(=O)N3CCc4ccccc4C3)ccc2C)c1. The first kappa shape index (κ1) is 23.9. The number of rotatable bonds is 6. The zero-order chi connectivity index (χ0) is 24.5. The minimum Gasteiger partial charge on any atom is -0.280 e. The van der Waals surface area contributed by atoms with Gasteiger partial charge < -0.3 is 0 Å². The molecule has 1 aliphatic heterocycles. The zero-order valence-electron chi connectivity index (χ0n) is 18.8. The molecule has 0 aromatic heterocycles. The van der Waals surface area contributed by atoms with E-state index in [1.54, 1.807) is 25.1 Å². The predicted molar refractivity (Wildman–Crippen MR) is 130 cm³/mol. The summed E-state index contributed by atoms with van der Waals surface area (Å²) >= 11 is 0. The van der Waals surface area contributed by atoms with Crippen LogP contribution in [0.5, 0.6) is 0 Å². The fraction of sp³-hybridized carbons (Fsp3) is 0.208. The summed E-state index contributed by atoms with van der Waals surface area (Å²) in [5.74, 6) is -0.897. The second-order valence-corrected chi connectivity index (χ2v) is 11.6. The average Bonchev–Trinajstić information content (AvgIpc) is 2.78. The number of aryl methyl sites for hydroxylation is 2. The molecule has 0 saturated heterocycles. The van der Waals surface area contributed by atoms with E-state index in [-0.39, 0.29) is 23.5 Å².